The quantitative estimate of drug-likeness (QED) is 0.612. The molecule has 19 heavy (non-hydrogen) atoms. The minimum absolute atomic E-state index is 0.0269. The summed E-state index contributed by atoms with van der Waals surface area (Å²) in [6, 6.07) is 0. The second kappa shape index (κ2) is 7.52. The highest BCUT2D eigenvalue weighted by atomic mass is 16.5. The van der Waals surface area contributed by atoms with E-state index in [1.165, 1.54) is 0 Å². The lowest BCUT2D eigenvalue weighted by Crippen LogP contribution is -2.28. The summed E-state index contributed by atoms with van der Waals surface area (Å²) in [5.41, 5.74) is 6.55. The maximum Gasteiger partial charge on any atom is 0.221 e. The molecule has 0 saturated carbocycles. The van der Waals surface area contributed by atoms with Gasteiger partial charge in [0.25, 0.3) is 0 Å². The predicted molar refractivity (Wildman–Crippen MR) is 73.9 cm³/mol. The topological polar surface area (TPSA) is 102 Å². The predicted octanol–water partition coefficient (Wildman–Crippen LogP) is 0.240. The molecule has 4 N–H and O–H groups in total. The van der Waals surface area contributed by atoms with Gasteiger partial charge in [-0.2, -0.15) is 0 Å². The number of ether oxygens (including phenoxy) is 1. The van der Waals surface area contributed by atoms with E-state index in [2.05, 4.69) is 20.6 Å². The number of rotatable bonds is 7. The SMILES string of the molecule is COCCNC(=O)CCNc1nc(C)nc(N)c1C. The molecule has 0 atom stereocenters. The van der Waals surface area contributed by atoms with Crippen molar-refractivity contribution in [3.05, 3.63) is 11.4 Å². The molecule has 0 aliphatic carbocycles. The van der Waals surface area contributed by atoms with Crippen molar-refractivity contribution >= 4 is 17.5 Å². The van der Waals surface area contributed by atoms with Gasteiger partial charge < -0.3 is 21.1 Å². The van der Waals surface area contributed by atoms with Crippen LogP contribution >= 0.6 is 0 Å². The van der Waals surface area contributed by atoms with Gasteiger partial charge in [0.1, 0.15) is 17.5 Å². The van der Waals surface area contributed by atoms with Crippen LogP contribution in [0.2, 0.25) is 0 Å². The van der Waals surface area contributed by atoms with Crippen LogP contribution < -0.4 is 16.4 Å². The van der Waals surface area contributed by atoms with Crippen molar-refractivity contribution in [1.82, 2.24) is 15.3 Å². The van der Waals surface area contributed by atoms with Gasteiger partial charge in [-0.3, -0.25) is 4.79 Å². The summed E-state index contributed by atoms with van der Waals surface area (Å²) >= 11 is 0. The van der Waals surface area contributed by atoms with Gasteiger partial charge in [0.05, 0.1) is 6.61 Å². The summed E-state index contributed by atoms with van der Waals surface area (Å²) in [6.45, 7) is 5.15. The average Bonchev–Trinajstić information content (AvgIpc) is 2.35. The van der Waals surface area contributed by atoms with Crippen molar-refractivity contribution in [2.24, 2.45) is 0 Å². The summed E-state index contributed by atoms with van der Waals surface area (Å²) in [5.74, 6) is 1.71. The molecule has 0 aromatic carbocycles. The molecule has 7 heteroatoms. The molecule has 1 aromatic rings. The highest BCUT2D eigenvalue weighted by Gasteiger charge is 2.07. The van der Waals surface area contributed by atoms with E-state index in [0.29, 0.717) is 43.6 Å². The number of nitrogens with zero attached hydrogens (tertiary/aromatic N) is 2. The molecule has 0 aliphatic heterocycles. The van der Waals surface area contributed by atoms with Gasteiger partial charge in [0, 0.05) is 32.2 Å². The molecule has 0 bridgehead atoms. The standard InChI is InChI=1S/C12H21N5O2/c1-8-11(13)16-9(2)17-12(8)15-5-4-10(18)14-6-7-19-3/h4-7H2,1-3H3,(H,14,18)(H3,13,15,16,17). The Kier molecular flexibility index (Phi) is 6.01. The Balaban J connectivity index is 2.39. The Bertz CT molecular complexity index is 436. The van der Waals surface area contributed by atoms with Crippen LogP contribution in [0.1, 0.15) is 17.8 Å². The number of aromatic nitrogens is 2. The Morgan fingerprint density at radius 3 is 2.74 bits per heavy atom. The van der Waals surface area contributed by atoms with E-state index >= 15 is 0 Å². The Labute approximate surface area is 113 Å². The van der Waals surface area contributed by atoms with Crippen molar-refractivity contribution in [2.45, 2.75) is 20.3 Å². The van der Waals surface area contributed by atoms with Gasteiger partial charge in [-0.05, 0) is 13.8 Å². The number of amides is 1. The van der Waals surface area contributed by atoms with E-state index in [4.69, 9.17) is 10.5 Å². The van der Waals surface area contributed by atoms with Crippen LogP contribution in [0, 0.1) is 13.8 Å². The number of methoxy groups -OCH3 is 1. The first-order chi connectivity index (χ1) is 9.04. The fourth-order valence-corrected chi connectivity index (χ4v) is 1.50. The van der Waals surface area contributed by atoms with Crippen molar-refractivity contribution in [1.29, 1.82) is 0 Å². The van der Waals surface area contributed by atoms with Gasteiger partial charge in [-0.25, -0.2) is 9.97 Å². The van der Waals surface area contributed by atoms with Crippen LogP contribution in [-0.2, 0) is 9.53 Å². The lowest BCUT2D eigenvalue weighted by Gasteiger charge is -2.10. The van der Waals surface area contributed by atoms with Crippen LogP contribution in [0.5, 0.6) is 0 Å². The Hall–Kier alpha value is -1.89. The van der Waals surface area contributed by atoms with Crippen molar-refractivity contribution in [3.8, 4) is 0 Å². The summed E-state index contributed by atoms with van der Waals surface area (Å²) in [7, 11) is 1.60. The van der Waals surface area contributed by atoms with Gasteiger partial charge in [0.15, 0.2) is 0 Å². The van der Waals surface area contributed by atoms with Crippen LogP contribution in [0.15, 0.2) is 0 Å². The summed E-state index contributed by atoms with van der Waals surface area (Å²) in [5, 5.41) is 5.84. The third-order valence-corrected chi connectivity index (χ3v) is 2.57. The average molecular weight is 267 g/mol. The number of carbonyl (C=O) groups excluding carboxylic acids is 1. The zero-order valence-electron chi connectivity index (χ0n) is 11.6. The first-order valence-corrected chi connectivity index (χ1v) is 6.14. The van der Waals surface area contributed by atoms with Gasteiger partial charge >= 0.3 is 0 Å². The molecule has 1 aromatic heterocycles. The fraction of sp³-hybridized carbons (Fsp3) is 0.583. The maximum absolute atomic E-state index is 11.5. The van der Waals surface area contributed by atoms with Crippen molar-refractivity contribution < 1.29 is 9.53 Å². The molecule has 0 spiro atoms. The van der Waals surface area contributed by atoms with E-state index < -0.39 is 0 Å². The van der Waals surface area contributed by atoms with E-state index in [1.807, 2.05) is 6.92 Å². The Morgan fingerprint density at radius 1 is 1.32 bits per heavy atom. The number of hydrogen-bond donors (Lipinski definition) is 3. The van der Waals surface area contributed by atoms with E-state index in [-0.39, 0.29) is 5.91 Å². The molecule has 1 heterocycles. The molecule has 1 amide bonds. The van der Waals surface area contributed by atoms with Gasteiger partial charge in [0.2, 0.25) is 5.91 Å². The zero-order chi connectivity index (χ0) is 14.3. The number of nitrogens with one attached hydrogen (secondary N) is 2. The highest BCUT2D eigenvalue weighted by molar-refractivity contribution is 5.76. The fourth-order valence-electron chi connectivity index (χ4n) is 1.50. The largest absolute Gasteiger partial charge is 0.383 e. The smallest absolute Gasteiger partial charge is 0.221 e. The molecule has 1 rings (SSSR count). The molecule has 0 saturated heterocycles. The number of anilines is 2. The first-order valence-electron chi connectivity index (χ1n) is 6.14. The molecule has 0 aliphatic rings. The zero-order valence-corrected chi connectivity index (χ0v) is 11.6. The third-order valence-electron chi connectivity index (χ3n) is 2.57. The summed E-state index contributed by atoms with van der Waals surface area (Å²) < 4.78 is 4.85. The second-order valence-corrected chi connectivity index (χ2v) is 4.15. The number of nitrogen functional groups attached to an aromatic ring is 1. The normalized spacial score (nSPS) is 10.3. The highest BCUT2D eigenvalue weighted by Crippen LogP contribution is 2.16. The van der Waals surface area contributed by atoms with Crippen LogP contribution in [0.4, 0.5) is 11.6 Å². The molecule has 7 nitrogen and oxygen atoms in total. The van der Waals surface area contributed by atoms with Crippen molar-refractivity contribution in [3.63, 3.8) is 0 Å². The number of nitrogens with two attached hydrogens (primary N) is 1. The first kappa shape index (κ1) is 15.2. The molecule has 0 unspecified atom stereocenters. The maximum atomic E-state index is 11.5. The monoisotopic (exact) mass is 267 g/mol. The summed E-state index contributed by atoms with van der Waals surface area (Å²) in [6.07, 6.45) is 0.367. The lowest BCUT2D eigenvalue weighted by atomic mass is 10.3. The molecular formula is C12H21N5O2. The minimum Gasteiger partial charge on any atom is -0.383 e. The van der Waals surface area contributed by atoms with Crippen LogP contribution in [0.3, 0.4) is 0 Å². The minimum atomic E-state index is -0.0269. The van der Waals surface area contributed by atoms with E-state index in [9.17, 15) is 4.79 Å². The van der Waals surface area contributed by atoms with Crippen LogP contribution in [-0.4, -0.2) is 42.7 Å². The number of aryl methyl sites for hydroxylation is 1. The number of carbonyl (C=O) groups is 1. The molecular weight excluding hydrogens is 246 g/mol. The molecule has 0 radical (unpaired) electrons. The number of hydrogen-bond acceptors (Lipinski definition) is 6. The van der Waals surface area contributed by atoms with Crippen molar-refractivity contribution in [2.75, 3.05) is 37.9 Å². The summed E-state index contributed by atoms with van der Waals surface area (Å²) in [4.78, 5) is 19.8. The lowest BCUT2D eigenvalue weighted by molar-refractivity contribution is -0.121. The van der Waals surface area contributed by atoms with E-state index in [0.717, 1.165) is 5.56 Å². The third kappa shape index (κ3) is 5.09. The van der Waals surface area contributed by atoms with Gasteiger partial charge in [-0.1, -0.05) is 0 Å². The second-order valence-electron chi connectivity index (χ2n) is 4.15. The van der Waals surface area contributed by atoms with E-state index in [1.54, 1.807) is 14.0 Å². The molecule has 0 fully saturated rings. The Morgan fingerprint density at radius 2 is 2.05 bits per heavy atom. The van der Waals surface area contributed by atoms with Crippen LogP contribution in [0.25, 0.3) is 0 Å². The van der Waals surface area contributed by atoms with Gasteiger partial charge in [-0.15, -0.1) is 0 Å². The molecule has 106 valence electrons.